The Bertz CT molecular complexity index is 687. The van der Waals surface area contributed by atoms with Crippen LogP contribution in [0.3, 0.4) is 0 Å². The van der Waals surface area contributed by atoms with E-state index in [1.54, 1.807) is 0 Å². The van der Waals surface area contributed by atoms with Crippen molar-refractivity contribution in [2.45, 2.75) is 6.54 Å². The zero-order valence-electron chi connectivity index (χ0n) is 10.4. The maximum Gasteiger partial charge on any atom is 0.274 e. The molecule has 2 rings (SSSR count). The molecule has 1 N–H and O–H groups in total. The Kier molecular flexibility index (Phi) is 4.88. The van der Waals surface area contributed by atoms with Gasteiger partial charge in [0.05, 0.1) is 26.2 Å². The topological polar surface area (TPSA) is 55.2 Å². The maximum absolute atomic E-state index is 13.1. The third-order valence-electron chi connectivity index (χ3n) is 2.70. The van der Waals surface area contributed by atoms with Crippen LogP contribution in [-0.4, -0.2) is 4.92 Å². The zero-order valence-corrected chi connectivity index (χ0v) is 12.6. The highest BCUT2D eigenvalue weighted by atomic mass is 35.5. The zero-order chi connectivity index (χ0) is 15.6. The lowest BCUT2D eigenvalue weighted by atomic mass is 10.1. The van der Waals surface area contributed by atoms with Gasteiger partial charge in [0.1, 0.15) is 5.82 Å². The van der Waals surface area contributed by atoms with Crippen LogP contribution in [0.1, 0.15) is 5.56 Å². The molecule has 21 heavy (non-hydrogen) atoms. The van der Waals surface area contributed by atoms with Crippen molar-refractivity contribution in [3.05, 3.63) is 66.9 Å². The fourth-order valence-corrected chi connectivity index (χ4v) is 2.56. The molecular weight excluding hydrogens is 342 g/mol. The summed E-state index contributed by atoms with van der Waals surface area (Å²) in [6, 6.07) is 6.41. The first-order chi connectivity index (χ1) is 9.88. The van der Waals surface area contributed by atoms with Gasteiger partial charge in [-0.2, -0.15) is 0 Å². The first kappa shape index (κ1) is 15.8. The van der Waals surface area contributed by atoms with Crippen molar-refractivity contribution >= 4 is 46.2 Å². The molecule has 2 aromatic carbocycles. The predicted molar refractivity (Wildman–Crippen MR) is 81.9 cm³/mol. The molecule has 8 heteroatoms. The van der Waals surface area contributed by atoms with E-state index in [1.807, 2.05) is 0 Å². The summed E-state index contributed by atoms with van der Waals surface area (Å²) in [4.78, 5) is 10.4. The summed E-state index contributed by atoms with van der Waals surface area (Å²) in [5.74, 6) is -0.565. The number of nitrogens with zero attached hydrogens (tertiary/aromatic N) is 1. The number of hydrogen-bond donors (Lipinski definition) is 1. The lowest BCUT2D eigenvalue weighted by molar-refractivity contribution is -0.385. The molecule has 2 aromatic rings. The van der Waals surface area contributed by atoms with Crippen LogP contribution in [0.15, 0.2) is 30.3 Å². The van der Waals surface area contributed by atoms with Gasteiger partial charge in [-0.25, -0.2) is 4.39 Å². The molecule has 4 nitrogen and oxygen atoms in total. The highest BCUT2D eigenvalue weighted by molar-refractivity contribution is 6.39. The van der Waals surface area contributed by atoms with Crippen LogP contribution in [0.2, 0.25) is 15.1 Å². The minimum atomic E-state index is -0.565. The SMILES string of the molecule is O=[N+]([O-])c1ccc(Cl)cc1CNc1c(Cl)cc(F)cc1Cl. The van der Waals surface area contributed by atoms with E-state index in [9.17, 15) is 14.5 Å². The fraction of sp³-hybridized carbons (Fsp3) is 0.0769. The number of nitro benzene ring substituents is 1. The van der Waals surface area contributed by atoms with Crippen LogP contribution in [0.25, 0.3) is 0 Å². The summed E-state index contributed by atoms with van der Waals surface area (Å²) in [6.07, 6.45) is 0. The lowest BCUT2D eigenvalue weighted by Gasteiger charge is -2.11. The van der Waals surface area contributed by atoms with E-state index in [1.165, 1.54) is 18.2 Å². The van der Waals surface area contributed by atoms with Gasteiger partial charge in [-0.05, 0) is 24.3 Å². The van der Waals surface area contributed by atoms with Gasteiger partial charge in [0.15, 0.2) is 0 Å². The number of nitrogens with one attached hydrogen (secondary N) is 1. The second kappa shape index (κ2) is 6.47. The fourth-order valence-electron chi connectivity index (χ4n) is 1.77. The van der Waals surface area contributed by atoms with E-state index in [0.29, 0.717) is 16.3 Å². The third kappa shape index (κ3) is 3.75. The van der Waals surface area contributed by atoms with E-state index < -0.39 is 10.7 Å². The van der Waals surface area contributed by atoms with Gasteiger partial charge in [0.2, 0.25) is 0 Å². The van der Waals surface area contributed by atoms with Crippen LogP contribution in [0.5, 0.6) is 0 Å². The second-order valence-corrected chi connectivity index (χ2v) is 5.38. The average Bonchev–Trinajstić information content (AvgIpc) is 2.37. The smallest absolute Gasteiger partial charge is 0.274 e. The standard InChI is InChI=1S/C13H8Cl3FN2O2/c14-8-1-2-12(19(20)21)7(3-8)6-18-13-10(15)4-9(17)5-11(13)16/h1-5,18H,6H2. The normalized spacial score (nSPS) is 10.5. The quantitative estimate of drug-likeness (QED) is 0.601. The van der Waals surface area contributed by atoms with Gasteiger partial charge < -0.3 is 5.32 Å². The van der Waals surface area contributed by atoms with Crippen molar-refractivity contribution in [1.82, 2.24) is 0 Å². The van der Waals surface area contributed by atoms with Crippen LogP contribution in [0.4, 0.5) is 15.8 Å². The molecular formula is C13H8Cl3FN2O2. The predicted octanol–water partition coefficient (Wildman–Crippen LogP) is 5.31. The molecule has 0 spiro atoms. The second-order valence-electron chi connectivity index (χ2n) is 4.13. The summed E-state index contributed by atoms with van der Waals surface area (Å²) in [7, 11) is 0. The van der Waals surface area contributed by atoms with Crippen molar-refractivity contribution in [2.24, 2.45) is 0 Å². The first-order valence-electron chi connectivity index (χ1n) is 5.69. The third-order valence-corrected chi connectivity index (χ3v) is 3.53. The van der Waals surface area contributed by atoms with Gasteiger partial charge in [-0.3, -0.25) is 10.1 Å². The number of halogens is 4. The molecule has 0 aromatic heterocycles. The number of rotatable bonds is 4. The molecule has 0 aliphatic rings. The molecule has 0 bridgehead atoms. The number of benzene rings is 2. The first-order valence-corrected chi connectivity index (χ1v) is 6.83. The van der Waals surface area contributed by atoms with Gasteiger partial charge in [0.25, 0.3) is 5.69 Å². The van der Waals surface area contributed by atoms with Crippen LogP contribution in [-0.2, 0) is 6.54 Å². The Morgan fingerprint density at radius 3 is 2.33 bits per heavy atom. The molecule has 0 heterocycles. The van der Waals surface area contributed by atoms with Crippen molar-refractivity contribution in [2.75, 3.05) is 5.32 Å². The Labute approximate surface area is 134 Å². The number of nitro groups is 1. The maximum atomic E-state index is 13.1. The van der Waals surface area contributed by atoms with E-state index in [0.717, 1.165) is 12.1 Å². The molecule has 0 radical (unpaired) electrons. The van der Waals surface area contributed by atoms with Crippen molar-refractivity contribution < 1.29 is 9.31 Å². The van der Waals surface area contributed by atoms with Crippen molar-refractivity contribution in [1.29, 1.82) is 0 Å². The molecule has 0 saturated heterocycles. The summed E-state index contributed by atoms with van der Waals surface area (Å²) < 4.78 is 13.1. The Morgan fingerprint density at radius 1 is 1.14 bits per heavy atom. The van der Waals surface area contributed by atoms with Crippen LogP contribution >= 0.6 is 34.8 Å². The molecule has 0 aliphatic carbocycles. The summed E-state index contributed by atoms with van der Waals surface area (Å²) in [6.45, 7) is 0.0714. The van der Waals surface area contributed by atoms with E-state index in [-0.39, 0.29) is 22.3 Å². The number of hydrogen-bond acceptors (Lipinski definition) is 3. The molecule has 0 saturated carbocycles. The largest absolute Gasteiger partial charge is 0.378 e. The van der Waals surface area contributed by atoms with E-state index >= 15 is 0 Å². The van der Waals surface area contributed by atoms with E-state index in [4.69, 9.17) is 34.8 Å². The minimum absolute atomic E-state index is 0.0714. The lowest BCUT2D eigenvalue weighted by Crippen LogP contribution is -2.04. The van der Waals surface area contributed by atoms with Gasteiger partial charge in [0, 0.05) is 17.6 Å². The molecule has 0 atom stereocenters. The van der Waals surface area contributed by atoms with E-state index in [2.05, 4.69) is 5.32 Å². The highest BCUT2D eigenvalue weighted by Gasteiger charge is 2.15. The Morgan fingerprint density at radius 2 is 1.76 bits per heavy atom. The summed E-state index contributed by atoms with van der Waals surface area (Å²) >= 11 is 17.6. The molecule has 0 unspecified atom stereocenters. The Hall–Kier alpha value is -1.56. The average molecular weight is 350 g/mol. The van der Waals surface area contributed by atoms with Gasteiger partial charge in [-0.15, -0.1) is 0 Å². The van der Waals surface area contributed by atoms with Crippen LogP contribution in [0, 0.1) is 15.9 Å². The van der Waals surface area contributed by atoms with Crippen molar-refractivity contribution in [3.63, 3.8) is 0 Å². The van der Waals surface area contributed by atoms with Crippen LogP contribution < -0.4 is 5.32 Å². The molecule has 110 valence electrons. The number of anilines is 1. The van der Waals surface area contributed by atoms with Crippen molar-refractivity contribution in [3.8, 4) is 0 Å². The summed E-state index contributed by atoms with van der Waals surface area (Å²) in [5, 5.41) is 14.4. The molecule has 0 fully saturated rings. The van der Waals surface area contributed by atoms with Gasteiger partial charge >= 0.3 is 0 Å². The molecule has 0 aliphatic heterocycles. The highest BCUT2D eigenvalue weighted by Crippen LogP contribution is 2.32. The Balaban J connectivity index is 2.28. The minimum Gasteiger partial charge on any atom is -0.378 e. The summed E-state index contributed by atoms with van der Waals surface area (Å²) in [5.41, 5.74) is 0.583. The monoisotopic (exact) mass is 348 g/mol. The molecule has 0 amide bonds. The van der Waals surface area contributed by atoms with Gasteiger partial charge in [-0.1, -0.05) is 34.8 Å².